The highest BCUT2D eigenvalue weighted by Gasteiger charge is 2.07. The lowest BCUT2D eigenvalue weighted by Crippen LogP contribution is -2.24. The standard InChI is InChI=1S/C18H20FNO2/c1-13(2)22-16-9-7-14(8-10-16)12-20-18(21)11-15-5-3-4-6-17(15)19/h3-10,13H,11-12H2,1-2H3,(H,20,21). The number of rotatable bonds is 6. The smallest absolute Gasteiger partial charge is 0.224 e. The normalized spacial score (nSPS) is 10.5. The molecule has 0 heterocycles. The van der Waals surface area contributed by atoms with E-state index in [-0.39, 0.29) is 24.2 Å². The molecule has 0 bridgehead atoms. The number of nitrogens with one attached hydrogen (secondary N) is 1. The second-order valence-electron chi connectivity index (χ2n) is 5.36. The SMILES string of the molecule is CC(C)Oc1ccc(CNC(=O)Cc2ccccc2F)cc1. The molecule has 2 rings (SSSR count). The fourth-order valence-corrected chi connectivity index (χ4v) is 2.04. The quantitative estimate of drug-likeness (QED) is 0.887. The predicted octanol–water partition coefficient (Wildman–Crippen LogP) is 3.47. The van der Waals surface area contributed by atoms with E-state index in [1.54, 1.807) is 18.2 Å². The molecule has 2 aromatic rings. The molecule has 0 atom stereocenters. The predicted molar refractivity (Wildman–Crippen MR) is 84.2 cm³/mol. The molecule has 0 aliphatic rings. The monoisotopic (exact) mass is 301 g/mol. The summed E-state index contributed by atoms with van der Waals surface area (Å²) in [6.07, 6.45) is 0.174. The molecule has 0 unspecified atom stereocenters. The summed E-state index contributed by atoms with van der Waals surface area (Å²) in [5.74, 6) is 0.247. The van der Waals surface area contributed by atoms with Crippen LogP contribution in [-0.2, 0) is 17.8 Å². The van der Waals surface area contributed by atoms with Gasteiger partial charge in [-0.3, -0.25) is 4.79 Å². The first-order chi connectivity index (χ1) is 10.5. The van der Waals surface area contributed by atoms with E-state index >= 15 is 0 Å². The minimum atomic E-state index is -0.354. The van der Waals surface area contributed by atoms with Gasteiger partial charge in [0.2, 0.25) is 5.91 Å². The molecule has 0 spiro atoms. The minimum absolute atomic E-state index is 0.0429. The van der Waals surface area contributed by atoms with Gasteiger partial charge in [-0.2, -0.15) is 0 Å². The number of carbonyl (C=O) groups excluding carboxylic acids is 1. The number of hydrogen-bond donors (Lipinski definition) is 1. The van der Waals surface area contributed by atoms with Gasteiger partial charge in [-0.1, -0.05) is 30.3 Å². The number of benzene rings is 2. The molecule has 2 aromatic carbocycles. The van der Waals surface area contributed by atoms with Crippen molar-refractivity contribution >= 4 is 5.91 Å². The van der Waals surface area contributed by atoms with Crippen molar-refractivity contribution in [3.05, 3.63) is 65.5 Å². The molecular weight excluding hydrogens is 281 g/mol. The maximum Gasteiger partial charge on any atom is 0.224 e. The fraction of sp³-hybridized carbons (Fsp3) is 0.278. The van der Waals surface area contributed by atoms with Gasteiger partial charge in [0.05, 0.1) is 12.5 Å². The molecule has 0 saturated heterocycles. The minimum Gasteiger partial charge on any atom is -0.491 e. The zero-order chi connectivity index (χ0) is 15.9. The van der Waals surface area contributed by atoms with Crippen molar-refractivity contribution in [2.24, 2.45) is 0 Å². The number of halogens is 1. The molecule has 0 aliphatic heterocycles. The number of amides is 1. The van der Waals surface area contributed by atoms with Crippen LogP contribution in [0.25, 0.3) is 0 Å². The van der Waals surface area contributed by atoms with E-state index < -0.39 is 0 Å². The van der Waals surface area contributed by atoms with Crippen molar-refractivity contribution in [2.75, 3.05) is 0 Å². The van der Waals surface area contributed by atoms with Gasteiger partial charge in [-0.25, -0.2) is 4.39 Å². The van der Waals surface area contributed by atoms with Crippen molar-refractivity contribution in [2.45, 2.75) is 32.9 Å². The molecule has 0 radical (unpaired) electrons. The van der Waals surface area contributed by atoms with E-state index in [1.165, 1.54) is 6.07 Å². The molecular formula is C18H20FNO2. The summed E-state index contributed by atoms with van der Waals surface area (Å²) in [5, 5.41) is 2.79. The third-order valence-electron chi connectivity index (χ3n) is 3.09. The Bertz CT molecular complexity index is 623. The Kier molecular flexibility index (Phi) is 5.53. The number of hydrogen-bond acceptors (Lipinski definition) is 2. The first-order valence-corrected chi connectivity index (χ1v) is 7.30. The average Bonchev–Trinajstić information content (AvgIpc) is 2.48. The van der Waals surface area contributed by atoms with Crippen LogP contribution >= 0.6 is 0 Å². The molecule has 0 fully saturated rings. The van der Waals surface area contributed by atoms with Crippen LogP contribution in [0.4, 0.5) is 4.39 Å². The van der Waals surface area contributed by atoms with Crippen molar-refractivity contribution < 1.29 is 13.9 Å². The first kappa shape index (κ1) is 16.0. The molecule has 4 heteroatoms. The van der Waals surface area contributed by atoms with Crippen molar-refractivity contribution in [1.82, 2.24) is 5.32 Å². The van der Waals surface area contributed by atoms with Crippen LogP contribution in [0.15, 0.2) is 48.5 Å². The zero-order valence-corrected chi connectivity index (χ0v) is 12.8. The van der Waals surface area contributed by atoms with Crippen LogP contribution in [0.1, 0.15) is 25.0 Å². The molecule has 1 N–H and O–H groups in total. The van der Waals surface area contributed by atoms with Crippen LogP contribution in [0.3, 0.4) is 0 Å². The average molecular weight is 301 g/mol. The summed E-state index contributed by atoms with van der Waals surface area (Å²) in [6, 6.07) is 13.9. The molecule has 0 saturated carbocycles. The molecule has 3 nitrogen and oxygen atoms in total. The molecule has 0 aromatic heterocycles. The first-order valence-electron chi connectivity index (χ1n) is 7.30. The summed E-state index contributed by atoms with van der Waals surface area (Å²) >= 11 is 0. The molecule has 1 amide bonds. The summed E-state index contributed by atoms with van der Waals surface area (Å²) in [6.45, 7) is 4.35. The van der Waals surface area contributed by atoms with Gasteiger partial charge in [0.25, 0.3) is 0 Å². The van der Waals surface area contributed by atoms with Gasteiger partial charge in [0.15, 0.2) is 0 Å². The van der Waals surface area contributed by atoms with Gasteiger partial charge in [-0.15, -0.1) is 0 Å². The lowest BCUT2D eigenvalue weighted by molar-refractivity contribution is -0.120. The summed E-state index contributed by atoms with van der Waals surface area (Å²) in [4.78, 5) is 11.8. The topological polar surface area (TPSA) is 38.3 Å². The Hall–Kier alpha value is -2.36. The van der Waals surface area contributed by atoms with Gasteiger partial charge >= 0.3 is 0 Å². The lowest BCUT2D eigenvalue weighted by atomic mass is 10.1. The molecule has 0 aliphatic carbocycles. The van der Waals surface area contributed by atoms with Crippen molar-refractivity contribution in [3.8, 4) is 5.75 Å². The maximum absolute atomic E-state index is 13.5. The highest BCUT2D eigenvalue weighted by atomic mass is 19.1. The number of carbonyl (C=O) groups is 1. The second-order valence-corrected chi connectivity index (χ2v) is 5.36. The van der Waals surface area contributed by atoms with Gasteiger partial charge in [0.1, 0.15) is 11.6 Å². The Morgan fingerprint density at radius 2 is 1.82 bits per heavy atom. The van der Waals surface area contributed by atoms with Crippen molar-refractivity contribution in [3.63, 3.8) is 0 Å². The van der Waals surface area contributed by atoms with Crippen LogP contribution in [-0.4, -0.2) is 12.0 Å². The maximum atomic E-state index is 13.5. The third-order valence-corrected chi connectivity index (χ3v) is 3.09. The fourth-order valence-electron chi connectivity index (χ4n) is 2.04. The van der Waals surface area contributed by atoms with Crippen LogP contribution in [0, 0.1) is 5.82 Å². The van der Waals surface area contributed by atoms with Crippen LogP contribution in [0.2, 0.25) is 0 Å². The molecule has 116 valence electrons. The highest BCUT2D eigenvalue weighted by molar-refractivity contribution is 5.78. The van der Waals surface area contributed by atoms with Crippen LogP contribution < -0.4 is 10.1 Å². The zero-order valence-electron chi connectivity index (χ0n) is 12.8. The largest absolute Gasteiger partial charge is 0.491 e. The van der Waals surface area contributed by atoms with E-state index in [2.05, 4.69) is 5.32 Å². The Morgan fingerprint density at radius 3 is 2.45 bits per heavy atom. The van der Waals surface area contributed by atoms with E-state index in [0.717, 1.165) is 11.3 Å². The van der Waals surface area contributed by atoms with Gasteiger partial charge < -0.3 is 10.1 Å². The van der Waals surface area contributed by atoms with E-state index in [4.69, 9.17) is 4.74 Å². The Morgan fingerprint density at radius 1 is 1.14 bits per heavy atom. The van der Waals surface area contributed by atoms with Crippen molar-refractivity contribution in [1.29, 1.82) is 0 Å². The lowest BCUT2D eigenvalue weighted by Gasteiger charge is -2.10. The van der Waals surface area contributed by atoms with E-state index in [0.29, 0.717) is 12.1 Å². The van der Waals surface area contributed by atoms with Gasteiger partial charge in [-0.05, 0) is 43.2 Å². The summed E-state index contributed by atoms with van der Waals surface area (Å²) in [7, 11) is 0. The van der Waals surface area contributed by atoms with E-state index in [1.807, 2.05) is 38.1 Å². The van der Waals surface area contributed by atoms with E-state index in [9.17, 15) is 9.18 Å². The van der Waals surface area contributed by atoms with Crippen LogP contribution in [0.5, 0.6) is 5.75 Å². The number of ether oxygens (including phenoxy) is 1. The summed E-state index contributed by atoms with van der Waals surface area (Å²) in [5.41, 5.74) is 1.37. The summed E-state index contributed by atoms with van der Waals surface area (Å²) < 4.78 is 19.0. The Balaban J connectivity index is 1.85. The van der Waals surface area contributed by atoms with Gasteiger partial charge in [0, 0.05) is 6.54 Å². The second kappa shape index (κ2) is 7.59. The highest BCUT2D eigenvalue weighted by Crippen LogP contribution is 2.14. The third kappa shape index (κ3) is 4.88. The molecule has 22 heavy (non-hydrogen) atoms. The Labute approximate surface area is 130 Å².